The number of hydrogen-bond acceptors (Lipinski definition) is 2. The Hall–Kier alpha value is -0.570. The number of carbonyl (C=O) groups excluding carboxylic acids is 1. The highest BCUT2D eigenvalue weighted by molar-refractivity contribution is 5.81. The number of carbonyl (C=O) groups is 1. The first-order valence-corrected chi connectivity index (χ1v) is 4.84. The van der Waals surface area contributed by atoms with E-state index in [1.807, 2.05) is 20.8 Å². The van der Waals surface area contributed by atoms with Gasteiger partial charge in [0.05, 0.1) is 6.61 Å². The maximum Gasteiger partial charge on any atom is 0.225 e. The van der Waals surface area contributed by atoms with Crippen molar-refractivity contribution in [3.05, 3.63) is 0 Å². The van der Waals surface area contributed by atoms with Crippen LogP contribution in [0.2, 0.25) is 0 Å². The first kappa shape index (κ1) is 12.4. The summed E-state index contributed by atoms with van der Waals surface area (Å²) < 4.78 is 5.23. The van der Waals surface area contributed by atoms with Crippen LogP contribution in [0, 0.1) is 5.41 Å². The molecule has 78 valence electrons. The predicted octanol–water partition coefficient (Wildman–Crippen LogP) is 1.58. The van der Waals surface area contributed by atoms with E-state index in [0.29, 0.717) is 13.2 Å². The van der Waals surface area contributed by atoms with E-state index in [4.69, 9.17) is 4.74 Å². The monoisotopic (exact) mass is 187 g/mol. The van der Waals surface area contributed by atoms with Gasteiger partial charge in [0, 0.05) is 18.6 Å². The molecule has 3 nitrogen and oxygen atoms in total. The Kier molecular flexibility index (Phi) is 5.71. The molecule has 0 saturated carbocycles. The highest BCUT2D eigenvalue weighted by atomic mass is 16.5. The fourth-order valence-electron chi connectivity index (χ4n) is 0.748. The van der Waals surface area contributed by atoms with Gasteiger partial charge in [0.15, 0.2) is 0 Å². The summed E-state index contributed by atoms with van der Waals surface area (Å²) in [7, 11) is 0. The van der Waals surface area contributed by atoms with Crippen LogP contribution >= 0.6 is 0 Å². The number of hydrogen-bond donors (Lipinski definition) is 1. The van der Waals surface area contributed by atoms with Crippen LogP contribution in [-0.2, 0) is 9.53 Å². The van der Waals surface area contributed by atoms with Crippen LogP contribution in [0.1, 0.15) is 34.1 Å². The summed E-state index contributed by atoms with van der Waals surface area (Å²) in [6.07, 6.45) is 1.02. The second-order valence-electron chi connectivity index (χ2n) is 4.12. The standard InChI is InChI=1S/C10H21NO2/c1-5-7-13-8-6-11-9(12)10(2,3)4/h5-8H2,1-4H3,(H,11,12). The molecule has 13 heavy (non-hydrogen) atoms. The third-order valence-electron chi connectivity index (χ3n) is 1.56. The Morgan fingerprint density at radius 3 is 2.38 bits per heavy atom. The molecule has 0 aliphatic carbocycles. The summed E-state index contributed by atoms with van der Waals surface area (Å²) in [5.41, 5.74) is -0.301. The average molecular weight is 187 g/mol. The summed E-state index contributed by atoms with van der Waals surface area (Å²) in [6.45, 7) is 9.74. The molecule has 0 aromatic carbocycles. The molecular weight excluding hydrogens is 166 g/mol. The van der Waals surface area contributed by atoms with Crippen molar-refractivity contribution in [2.45, 2.75) is 34.1 Å². The molecule has 0 radical (unpaired) electrons. The molecule has 0 bridgehead atoms. The lowest BCUT2D eigenvalue weighted by Gasteiger charge is -2.17. The van der Waals surface area contributed by atoms with Crippen molar-refractivity contribution in [3.63, 3.8) is 0 Å². The molecule has 0 aliphatic rings. The van der Waals surface area contributed by atoms with Gasteiger partial charge < -0.3 is 10.1 Å². The van der Waals surface area contributed by atoms with Crippen LogP contribution in [0.5, 0.6) is 0 Å². The van der Waals surface area contributed by atoms with Gasteiger partial charge in [-0.2, -0.15) is 0 Å². The summed E-state index contributed by atoms with van der Waals surface area (Å²) in [6, 6.07) is 0. The molecule has 3 heteroatoms. The Labute approximate surface area is 80.8 Å². The highest BCUT2D eigenvalue weighted by Gasteiger charge is 2.19. The maximum atomic E-state index is 11.3. The molecule has 1 N–H and O–H groups in total. The predicted molar refractivity (Wildman–Crippen MR) is 53.6 cm³/mol. The molecule has 0 rings (SSSR count). The number of rotatable bonds is 5. The van der Waals surface area contributed by atoms with Gasteiger partial charge in [0.25, 0.3) is 0 Å². The van der Waals surface area contributed by atoms with Crippen LogP contribution in [0.25, 0.3) is 0 Å². The third-order valence-corrected chi connectivity index (χ3v) is 1.56. The topological polar surface area (TPSA) is 38.3 Å². The Balaban J connectivity index is 3.38. The lowest BCUT2D eigenvalue weighted by molar-refractivity contribution is -0.128. The first-order chi connectivity index (χ1) is 5.98. The van der Waals surface area contributed by atoms with E-state index < -0.39 is 0 Å². The van der Waals surface area contributed by atoms with Gasteiger partial charge in [-0.05, 0) is 6.42 Å². The van der Waals surface area contributed by atoms with Gasteiger partial charge >= 0.3 is 0 Å². The molecule has 0 fully saturated rings. The van der Waals surface area contributed by atoms with Crippen molar-refractivity contribution in [1.82, 2.24) is 5.32 Å². The molecule has 0 aromatic rings. The van der Waals surface area contributed by atoms with E-state index in [1.54, 1.807) is 0 Å². The molecule has 1 amide bonds. The van der Waals surface area contributed by atoms with Gasteiger partial charge in [0.1, 0.15) is 0 Å². The largest absolute Gasteiger partial charge is 0.380 e. The zero-order valence-electron chi connectivity index (χ0n) is 9.14. The van der Waals surface area contributed by atoms with Crippen molar-refractivity contribution in [3.8, 4) is 0 Å². The van der Waals surface area contributed by atoms with Gasteiger partial charge in [-0.3, -0.25) is 4.79 Å². The van der Waals surface area contributed by atoms with Gasteiger partial charge in [-0.25, -0.2) is 0 Å². The second kappa shape index (κ2) is 5.97. The minimum absolute atomic E-state index is 0.0765. The maximum absolute atomic E-state index is 11.3. The quantitative estimate of drug-likeness (QED) is 0.663. The first-order valence-electron chi connectivity index (χ1n) is 4.84. The average Bonchev–Trinajstić information content (AvgIpc) is 2.02. The normalized spacial score (nSPS) is 11.4. The second-order valence-corrected chi connectivity index (χ2v) is 4.12. The summed E-state index contributed by atoms with van der Waals surface area (Å²) >= 11 is 0. The van der Waals surface area contributed by atoms with E-state index >= 15 is 0 Å². The number of ether oxygens (including phenoxy) is 1. The molecule has 0 atom stereocenters. The molecule has 0 unspecified atom stereocenters. The van der Waals surface area contributed by atoms with Crippen molar-refractivity contribution >= 4 is 5.91 Å². The molecule has 0 aliphatic heterocycles. The lowest BCUT2D eigenvalue weighted by atomic mass is 9.96. The molecular formula is C10H21NO2. The van der Waals surface area contributed by atoms with E-state index in [-0.39, 0.29) is 11.3 Å². The summed E-state index contributed by atoms with van der Waals surface area (Å²) in [5, 5.41) is 2.82. The van der Waals surface area contributed by atoms with Crippen molar-refractivity contribution in [2.24, 2.45) is 5.41 Å². The summed E-state index contributed by atoms with van der Waals surface area (Å²) in [5.74, 6) is 0.0765. The Morgan fingerprint density at radius 1 is 1.31 bits per heavy atom. The third kappa shape index (κ3) is 6.58. The molecule has 0 saturated heterocycles. The SMILES string of the molecule is CCCOCCNC(=O)C(C)(C)C. The van der Waals surface area contributed by atoms with Crippen molar-refractivity contribution in [1.29, 1.82) is 0 Å². The smallest absolute Gasteiger partial charge is 0.225 e. The number of nitrogens with one attached hydrogen (secondary N) is 1. The minimum Gasteiger partial charge on any atom is -0.380 e. The highest BCUT2D eigenvalue weighted by Crippen LogP contribution is 2.11. The molecule has 0 spiro atoms. The van der Waals surface area contributed by atoms with E-state index in [1.165, 1.54) is 0 Å². The van der Waals surface area contributed by atoms with Crippen LogP contribution in [-0.4, -0.2) is 25.7 Å². The minimum atomic E-state index is -0.301. The summed E-state index contributed by atoms with van der Waals surface area (Å²) in [4.78, 5) is 11.3. The number of amides is 1. The van der Waals surface area contributed by atoms with Gasteiger partial charge in [0.2, 0.25) is 5.91 Å². The van der Waals surface area contributed by atoms with Gasteiger partial charge in [-0.15, -0.1) is 0 Å². The fraction of sp³-hybridized carbons (Fsp3) is 0.900. The fourth-order valence-corrected chi connectivity index (χ4v) is 0.748. The van der Waals surface area contributed by atoms with E-state index in [2.05, 4.69) is 12.2 Å². The van der Waals surface area contributed by atoms with Crippen LogP contribution in [0.15, 0.2) is 0 Å². The van der Waals surface area contributed by atoms with E-state index in [9.17, 15) is 4.79 Å². The Morgan fingerprint density at radius 2 is 1.92 bits per heavy atom. The van der Waals surface area contributed by atoms with Gasteiger partial charge in [-0.1, -0.05) is 27.7 Å². The Bertz CT molecular complexity index is 149. The van der Waals surface area contributed by atoms with Crippen LogP contribution < -0.4 is 5.32 Å². The molecule has 0 aromatic heterocycles. The van der Waals surface area contributed by atoms with E-state index in [0.717, 1.165) is 13.0 Å². The zero-order chi connectivity index (χ0) is 10.3. The van der Waals surface area contributed by atoms with Crippen LogP contribution in [0.4, 0.5) is 0 Å². The zero-order valence-corrected chi connectivity index (χ0v) is 9.14. The van der Waals surface area contributed by atoms with Crippen LogP contribution in [0.3, 0.4) is 0 Å². The van der Waals surface area contributed by atoms with Crippen molar-refractivity contribution in [2.75, 3.05) is 19.8 Å². The van der Waals surface area contributed by atoms with Crippen molar-refractivity contribution < 1.29 is 9.53 Å². The molecule has 0 heterocycles. The lowest BCUT2D eigenvalue weighted by Crippen LogP contribution is -2.36.